The Morgan fingerprint density at radius 1 is 1.31 bits per heavy atom. The second kappa shape index (κ2) is 6.92. The summed E-state index contributed by atoms with van der Waals surface area (Å²) in [5, 5.41) is 0. The number of methoxy groups -OCH3 is 1. The Bertz CT molecular complexity index is 384. The van der Waals surface area contributed by atoms with Gasteiger partial charge in [0.25, 0.3) is 0 Å². The lowest BCUT2D eigenvalue weighted by Gasteiger charge is -2.09. The average molecular weight is 216 g/mol. The lowest BCUT2D eigenvalue weighted by atomic mass is 10.0. The summed E-state index contributed by atoms with van der Waals surface area (Å²) in [6, 6.07) is 8.13. The van der Waals surface area contributed by atoms with Gasteiger partial charge in [0.1, 0.15) is 5.75 Å². The lowest BCUT2D eigenvalue weighted by molar-refractivity contribution is 0.413. The number of hydrogen-bond acceptors (Lipinski definition) is 1. The zero-order valence-corrected chi connectivity index (χ0v) is 10.4. The van der Waals surface area contributed by atoms with Gasteiger partial charge in [0, 0.05) is 11.1 Å². The van der Waals surface area contributed by atoms with Crippen LogP contribution in [0.2, 0.25) is 0 Å². The molecule has 0 aliphatic rings. The molecule has 0 amide bonds. The number of rotatable bonds is 5. The maximum absolute atomic E-state index is 5.38. The average Bonchev–Trinajstić information content (AvgIpc) is 2.34. The van der Waals surface area contributed by atoms with Gasteiger partial charge in [-0.3, -0.25) is 0 Å². The second-order valence-electron chi connectivity index (χ2n) is 3.69. The maximum atomic E-state index is 5.38. The molecule has 0 aromatic heterocycles. The minimum atomic E-state index is 0.933. The van der Waals surface area contributed by atoms with Crippen molar-refractivity contribution in [3.05, 3.63) is 41.6 Å². The van der Waals surface area contributed by atoms with Gasteiger partial charge in [0.15, 0.2) is 0 Å². The van der Waals surface area contributed by atoms with Gasteiger partial charge in [-0.1, -0.05) is 38.5 Å². The molecule has 1 rings (SSSR count). The fraction of sp³-hybridized carbons (Fsp3) is 0.400. The Hall–Kier alpha value is -1.46. The van der Waals surface area contributed by atoms with Gasteiger partial charge in [-0.2, -0.15) is 0 Å². The van der Waals surface area contributed by atoms with Crippen LogP contribution in [0, 0.1) is 0 Å². The predicted octanol–water partition coefficient (Wildman–Crippen LogP) is 4.44. The molecule has 0 aliphatic heterocycles. The summed E-state index contributed by atoms with van der Waals surface area (Å²) < 4.78 is 5.38. The van der Waals surface area contributed by atoms with Crippen LogP contribution in [0.4, 0.5) is 0 Å². The summed E-state index contributed by atoms with van der Waals surface area (Å²) in [7, 11) is 1.71. The van der Waals surface area contributed by atoms with E-state index in [4.69, 9.17) is 4.74 Å². The van der Waals surface area contributed by atoms with Crippen LogP contribution in [0.5, 0.6) is 5.75 Å². The topological polar surface area (TPSA) is 9.23 Å². The first-order valence-corrected chi connectivity index (χ1v) is 5.90. The first-order chi connectivity index (χ1) is 7.83. The van der Waals surface area contributed by atoms with Crippen LogP contribution >= 0.6 is 0 Å². The molecule has 0 saturated heterocycles. The summed E-state index contributed by atoms with van der Waals surface area (Å²) >= 11 is 0. The van der Waals surface area contributed by atoms with Gasteiger partial charge >= 0.3 is 0 Å². The first kappa shape index (κ1) is 12.6. The SMILES string of the molecule is CCC=C=C(CCC)c1ccccc1OC. The predicted molar refractivity (Wildman–Crippen MR) is 69.7 cm³/mol. The minimum absolute atomic E-state index is 0.933. The molecule has 0 atom stereocenters. The molecule has 0 N–H and O–H groups in total. The van der Waals surface area contributed by atoms with Gasteiger partial charge in [-0.15, -0.1) is 5.73 Å². The van der Waals surface area contributed by atoms with E-state index < -0.39 is 0 Å². The standard InChI is InChI=1S/C15H20O/c1-4-6-10-13(9-5-2)14-11-7-8-12-15(14)16-3/h6-8,11-12H,4-5,9H2,1-3H3. The van der Waals surface area contributed by atoms with Crippen molar-refractivity contribution in [3.63, 3.8) is 0 Å². The molecule has 0 aliphatic carbocycles. The van der Waals surface area contributed by atoms with E-state index >= 15 is 0 Å². The highest BCUT2D eigenvalue weighted by molar-refractivity contribution is 5.70. The van der Waals surface area contributed by atoms with Gasteiger partial charge < -0.3 is 4.74 Å². The zero-order chi connectivity index (χ0) is 11.8. The fourth-order valence-electron chi connectivity index (χ4n) is 1.65. The van der Waals surface area contributed by atoms with E-state index in [1.54, 1.807) is 7.11 Å². The van der Waals surface area contributed by atoms with E-state index in [0.29, 0.717) is 0 Å². The normalized spacial score (nSPS) is 9.44. The monoisotopic (exact) mass is 216 g/mol. The number of ether oxygens (including phenoxy) is 1. The number of para-hydroxylation sites is 1. The molecule has 1 aromatic rings. The van der Waals surface area contributed by atoms with Crippen LogP contribution in [0.15, 0.2) is 36.1 Å². The highest BCUT2D eigenvalue weighted by Gasteiger charge is 2.05. The first-order valence-electron chi connectivity index (χ1n) is 5.90. The maximum Gasteiger partial charge on any atom is 0.126 e. The largest absolute Gasteiger partial charge is 0.496 e. The van der Waals surface area contributed by atoms with Crippen molar-refractivity contribution in [1.29, 1.82) is 0 Å². The fourth-order valence-corrected chi connectivity index (χ4v) is 1.65. The van der Waals surface area contributed by atoms with Crippen molar-refractivity contribution in [1.82, 2.24) is 0 Å². The molecule has 1 nitrogen and oxygen atoms in total. The van der Waals surface area contributed by atoms with Crippen LogP contribution < -0.4 is 4.74 Å². The molecule has 1 heteroatoms. The Morgan fingerprint density at radius 3 is 2.69 bits per heavy atom. The zero-order valence-electron chi connectivity index (χ0n) is 10.4. The highest BCUT2D eigenvalue weighted by atomic mass is 16.5. The van der Waals surface area contributed by atoms with Gasteiger partial charge in [-0.05, 0) is 25.0 Å². The number of benzene rings is 1. The van der Waals surface area contributed by atoms with Crippen molar-refractivity contribution in [3.8, 4) is 5.75 Å². The Labute approximate surface area is 98.5 Å². The molecule has 86 valence electrons. The molecule has 0 heterocycles. The van der Waals surface area contributed by atoms with Crippen LogP contribution in [0.25, 0.3) is 5.57 Å². The van der Waals surface area contributed by atoms with Crippen molar-refractivity contribution in [2.75, 3.05) is 7.11 Å². The molecule has 0 saturated carbocycles. The van der Waals surface area contributed by atoms with E-state index in [0.717, 1.165) is 30.6 Å². The van der Waals surface area contributed by atoms with E-state index in [9.17, 15) is 0 Å². The quantitative estimate of drug-likeness (QED) is 0.661. The lowest BCUT2D eigenvalue weighted by Crippen LogP contribution is -1.90. The summed E-state index contributed by atoms with van der Waals surface area (Å²) in [4.78, 5) is 0. The Morgan fingerprint density at radius 2 is 2.06 bits per heavy atom. The summed E-state index contributed by atoms with van der Waals surface area (Å²) in [6.45, 7) is 4.31. The van der Waals surface area contributed by atoms with Crippen LogP contribution in [0.1, 0.15) is 38.7 Å². The number of allylic oxidation sites excluding steroid dienone is 1. The van der Waals surface area contributed by atoms with Crippen molar-refractivity contribution in [2.24, 2.45) is 0 Å². The van der Waals surface area contributed by atoms with E-state index in [-0.39, 0.29) is 0 Å². The molecular weight excluding hydrogens is 196 g/mol. The third-order valence-corrected chi connectivity index (χ3v) is 2.41. The van der Waals surface area contributed by atoms with Crippen LogP contribution in [-0.2, 0) is 0 Å². The van der Waals surface area contributed by atoms with E-state index in [1.165, 1.54) is 5.57 Å². The van der Waals surface area contributed by atoms with E-state index in [1.807, 2.05) is 18.2 Å². The van der Waals surface area contributed by atoms with Gasteiger partial charge in [0.05, 0.1) is 7.11 Å². The van der Waals surface area contributed by atoms with Crippen LogP contribution in [0.3, 0.4) is 0 Å². The van der Waals surface area contributed by atoms with Gasteiger partial charge in [0.2, 0.25) is 0 Å². The molecular formula is C15H20O. The van der Waals surface area contributed by atoms with Crippen molar-refractivity contribution in [2.45, 2.75) is 33.1 Å². The molecule has 0 bridgehead atoms. The molecule has 0 fully saturated rings. The number of hydrogen-bond donors (Lipinski definition) is 0. The third-order valence-electron chi connectivity index (χ3n) is 2.41. The highest BCUT2D eigenvalue weighted by Crippen LogP contribution is 2.27. The van der Waals surface area contributed by atoms with E-state index in [2.05, 4.69) is 31.7 Å². The van der Waals surface area contributed by atoms with Crippen LogP contribution in [-0.4, -0.2) is 7.11 Å². The van der Waals surface area contributed by atoms with Crippen molar-refractivity contribution >= 4 is 5.57 Å². The second-order valence-corrected chi connectivity index (χ2v) is 3.69. The summed E-state index contributed by atoms with van der Waals surface area (Å²) in [5.41, 5.74) is 5.77. The molecule has 0 radical (unpaired) electrons. The molecule has 0 unspecified atom stereocenters. The smallest absolute Gasteiger partial charge is 0.126 e. The third kappa shape index (κ3) is 3.29. The Balaban J connectivity index is 3.15. The Kier molecular flexibility index (Phi) is 5.45. The summed E-state index contributed by atoms with van der Waals surface area (Å²) in [6.07, 6.45) is 5.26. The van der Waals surface area contributed by atoms with Crippen molar-refractivity contribution < 1.29 is 4.74 Å². The summed E-state index contributed by atoms with van der Waals surface area (Å²) in [5.74, 6) is 0.933. The minimum Gasteiger partial charge on any atom is -0.496 e. The molecule has 1 aromatic carbocycles. The van der Waals surface area contributed by atoms with Gasteiger partial charge in [-0.25, -0.2) is 0 Å². The molecule has 0 spiro atoms. The molecule has 16 heavy (non-hydrogen) atoms.